The molecule has 0 radical (unpaired) electrons. The standard InChI is InChI=1S/C20H20BrNO4/c1-20(24-2)10-14(11-6-8-12(21)9-7-11)16-18(26-20)13-4-3-5-15(22)17(13)25-19(16)23/h3-9,14,16,18H,10,22H2,1-2H3. The fraction of sp³-hybridized carbons (Fsp3) is 0.350. The van der Waals surface area contributed by atoms with E-state index in [1.54, 1.807) is 13.2 Å². The third-order valence-corrected chi connectivity index (χ3v) is 5.84. The lowest BCUT2D eigenvalue weighted by molar-refractivity contribution is -0.279. The van der Waals surface area contributed by atoms with E-state index in [9.17, 15) is 4.79 Å². The number of methoxy groups -OCH3 is 1. The van der Waals surface area contributed by atoms with Crippen molar-refractivity contribution in [2.24, 2.45) is 5.92 Å². The van der Waals surface area contributed by atoms with Crippen LogP contribution in [0.5, 0.6) is 5.75 Å². The van der Waals surface area contributed by atoms with Crippen LogP contribution in [0.2, 0.25) is 0 Å². The molecule has 0 aromatic heterocycles. The summed E-state index contributed by atoms with van der Waals surface area (Å²) < 4.78 is 18.5. The number of anilines is 1. The van der Waals surface area contributed by atoms with Gasteiger partial charge < -0.3 is 19.9 Å². The lowest BCUT2D eigenvalue weighted by Crippen LogP contribution is -2.49. The summed E-state index contributed by atoms with van der Waals surface area (Å²) in [6.07, 6.45) is 0.0843. The summed E-state index contributed by atoms with van der Waals surface area (Å²) >= 11 is 3.46. The Hall–Kier alpha value is -1.89. The van der Waals surface area contributed by atoms with Crippen LogP contribution in [0.4, 0.5) is 5.69 Å². The lowest BCUT2D eigenvalue weighted by atomic mass is 9.73. The Kier molecular flexibility index (Phi) is 4.29. The Balaban J connectivity index is 1.84. The molecule has 1 fully saturated rings. The second kappa shape index (κ2) is 6.37. The Morgan fingerprint density at radius 1 is 1.23 bits per heavy atom. The number of fused-ring (bicyclic) bond motifs is 3. The second-order valence-electron chi connectivity index (χ2n) is 6.95. The molecule has 2 aliphatic rings. The van der Waals surface area contributed by atoms with Crippen molar-refractivity contribution in [3.8, 4) is 5.75 Å². The number of ether oxygens (including phenoxy) is 3. The van der Waals surface area contributed by atoms with Crippen molar-refractivity contribution in [2.75, 3.05) is 12.8 Å². The van der Waals surface area contributed by atoms with Crippen LogP contribution in [0.1, 0.15) is 36.5 Å². The molecule has 0 aliphatic carbocycles. The number of hydrogen-bond donors (Lipinski definition) is 1. The van der Waals surface area contributed by atoms with Gasteiger partial charge in [0.05, 0.1) is 11.6 Å². The summed E-state index contributed by atoms with van der Waals surface area (Å²) in [6.45, 7) is 1.90. The SMILES string of the molecule is COC1(C)CC(c2ccc(Br)cc2)C2C(=O)Oc3c(N)cccc3C2O1. The predicted molar refractivity (Wildman–Crippen MR) is 101 cm³/mol. The average molecular weight is 418 g/mol. The van der Waals surface area contributed by atoms with E-state index in [2.05, 4.69) is 15.9 Å². The van der Waals surface area contributed by atoms with Gasteiger partial charge in [0.15, 0.2) is 11.5 Å². The molecule has 4 rings (SSSR count). The monoisotopic (exact) mass is 417 g/mol. The number of benzene rings is 2. The highest BCUT2D eigenvalue weighted by Gasteiger charge is 2.53. The summed E-state index contributed by atoms with van der Waals surface area (Å²) in [4.78, 5) is 12.9. The van der Waals surface area contributed by atoms with Crippen LogP contribution in [-0.2, 0) is 14.3 Å². The van der Waals surface area contributed by atoms with Crippen LogP contribution in [-0.4, -0.2) is 18.9 Å². The maximum atomic E-state index is 12.9. The van der Waals surface area contributed by atoms with Gasteiger partial charge in [-0.05, 0) is 30.7 Å². The number of esters is 1. The topological polar surface area (TPSA) is 70.8 Å². The van der Waals surface area contributed by atoms with Gasteiger partial charge in [0.1, 0.15) is 6.10 Å². The molecule has 0 saturated carbocycles. The van der Waals surface area contributed by atoms with Gasteiger partial charge in [-0.15, -0.1) is 0 Å². The normalized spacial score (nSPS) is 30.3. The van der Waals surface area contributed by atoms with E-state index in [1.807, 2.05) is 43.3 Å². The van der Waals surface area contributed by atoms with Gasteiger partial charge in [-0.25, -0.2) is 0 Å². The molecule has 2 aliphatic heterocycles. The minimum atomic E-state index is -0.807. The zero-order chi connectivity index (χ0) is 18.5. The molecule has 2 heterocycles. The maximum Gasteiger partial charge on any atom is 0.318 e. The molecular weight excluding hydrogens is 398 g/mol. The second-order valence-corrected chi connectivity index (χ2v) is 7.87. The van der Waals surface area contributed by atoms with Crippen molar-refractivity contribution in [1.29, 1.82) is 0 Å². The minimum absolute atomic E-state index is 0.0890. The van der Waals surface area contributed by atoms with Crippen LogP contribution in [0.25, 0.3) is 0 Å². The molecule has 2 aromatic carbocycles. The van der Waals surface area contributed by atoms with Gasteiger partial charge in [0, 0.05) is 29.5 Å². The lowest BCUT2D eigenvalue weighted by Gasteiger charge is -2.47. The smallest absolute Gasteiger partial charge is 0.318 e. The molecule has 26 heavy (non-hydrogen) atoms. The first-order chi connectivity index (χ1) is 12.4. The van der Waals surface area contributed by atoms with Gasteiger partial charge in [-0.1, -0.05) is 40.2 Å². The van der Waals surface area contributed by atoms with E-state index < -0.39 is 17.8 Å². The van der Waals surface area contributed by atoms with E-state index >= 15 is 0 Å². The largest absolute Gasteiger partial charge is 0.424 e. The summed E-state index contributed by atoms with van der Waals surface area (Å²) in [7, 11) is 1.63. The van der Waals surface area contributed by atoms with Crippen molar-refractivity contribution in [3.63, 3.8) is 0 Å². The molecule has 0 spiro atoms. The molecule has 4 unspecified atom stereocenters. The molecule has 2 aromatic rings. The van der Waals surface area contributed by atoms with E-state index in [-0.39, 0.29) is 11.9 Å². The van der Waals surface area contributed by atoms with Gasteiger partial charge in [-0.3, -0.25) is 4.79 Å². The molecule has 0 bridgehead atoms. The average Bonchev–Trinajstić information content (AvgIpc) is 2.63. The van der Waals surface area contributed by atoms with Gasteiger partial charge >= 0.3 is 5.97 Å². The number of rotatable bonds is 2. The zero-order valence-electron chi connectivity index (χ0n) is 14.6. The fourth-order valence-corrected chi connectivity index (χ4v) is 4.19. The number of carbonyl (C=O) groups is 1. The van der Waals surface area contributed by atoms with Gasteiger partial charge in [0.2, 0.25) is 0 Å². The van der Waals surface area contributed by atoms with Gasteiger partial charge in [0.25, 0.3) is 0 Å². The molecule has 2 N–H and O–H groups in total. The molecule has 136 valence electrons. The highest BCUT2D eigenvalue weighted by atomic mass is 79.9. The van der Waals surface area contributed by atoms with Crippen LogP contribution < -0.4 is 10.5 Å². The van der Waals surface area contributed by atoms with Crippen LogP contribution >= 0.6 is 15.9 Å². The number of carbonyl (C=O) groups excluding carboxylic acids is 1. The quantitative estimate of drug-likeness (QED) is 0.450. The minimum Gasteiger partial charge on any atom is -0.424 e. The summed E-state index contributed by atoms with van der Waals surface area (Å²) in [5.41, 5.74) is 8.30. The van der Waals surface area contributed by atoms with Crippen molar-refractivity contribution in [2.45, 2.75) is 31.2 Å². The fourth-order valence-electron chi connectivity index (χ4n) is 3.92. The molecule has 4 atom stereocenters. The van der Waals surface area contributed by atoms with Crippen molar-refractivity contribution < 1.29 is 19.0 Å². The number of para-hydroxylation sites is 1. The Labute approximate surface area is 160 Å². The van der Waals surface area contributed by atoms with Gasteiger partial charge in [-0.2, -0.15) is 0 Å². The first-order valence-corrected chi connectivity index (χ1v) is 9.30. The number of nitrogens with two attached hydrogens (primary N) is 1. The molecule has 5 nitrogen and oxygen atoms in total. The highest BCUT2D eigenvalue weighted by molar-refractivity contribution is 9.10. The molecule has 0 amide bonds. The molecule has 1 saturated heterocycles. The zero-order valence-corrected chi connectivity index (χ0v) is 16.2. The summed E-state index contributed by atoms with van der Waals surface area (Å²) in [5, 5.41) is 0. The number of hydrogen-bond acceptors (Lipinski definition) is 5. The van der Waals surface area contributed by atoms with E-state index in [4.69, 9.17) is 19.9 Å². The van der Waals surface area contributed by atoms with Crippen LogP contribution in [0, 0.1) is 5.92 Å². The van der Waals surface area contributed by atoms with Crippen molar-refractivity contribution in [1.82, 2.24) is 0 Å². The molecular formula is C20H20BrNO4. The van der Waals surface area contributed by atoms with Crippen LogP contribution in [0.15, 0.2) is 46.9 Å². The van der Waals surface area contributed by atoms with Crippen molar-refractivity contribution in [3.05, 3.63) is 58.1 Å². The van der Waals surface area contributed by atoms with Crippen LogP contribution in [0.3, 0.4) is 0 Å². The Morgan fingerprint density at radius 3 is 2.65 bits per heavy atom. The third-order valence-electron chi connectivity index (χ3n) is 5.31. The Morgan fingerprint density at radius 2 is 1.96 bits per heavy atom. The Bertz CT molecular complexity index is 853. The third kappa shape index (κ3) is 2.82. The van der Waals surface area contributed by atoms with Crippen molar-refractivity contribution >= 4 is 27.6 Å². The summed E-state index contributed by atoms with van der Waals surface area (Å²) in [5.74, 6) is -1.26. The predicted octanol–water partition coefficient (Wildman–Crippen LogP) is 4.17. The summed E-state index contributed by atoms with van der Waals surface area (Å²) in [6, 6.07) is 13.5. The first kappa shape index (κ1) is 17.5. The number of halogens is 1. The number of nitrogen functional groups attached to an aromatic ring is 1. The first-order valence-electron chi connectivity index (χ1n) is 8.50. The van der Waals surface area contributed by atoms with E-state index in [0.717, 1.165) is 15.6 Å². The molecule has 6 heteroatoms. The maximum absolute atomic E-state index is 12.9. The van der Waals surface area contributed by atoms with E-state index in [1.165, 1.54) is 0 Å². The van der Waals surface area contributed by atoms with E-state index in [0.29, 0.717) is 17.9 Å². The highest BCUT2D eigenvalue weighted by Crippen LogP contribution is 2.54.